The zero-order valence-electron chi connectivity index (χ0n) is 13.0. The zero-order valence-corrected chi connectivity index (χ0v) is 13.0. The Hall–Kier alpha value is -1.74. The number of aliphatic hydroxyl groups is 1. The lowest BCUT2D eigenvalue weighted by molar-refractivity contribution is 0.0419. The molecular weight excluding hydrogens is 276 g/mol. The van der Waals surface area contributed by atoms with Gasteiger partial charge in [0.05, 0.1) is 5.60 Å². The summed E-state index contributed by atoms with van der Waals surface area (Å²) in [5.74, 6) is -0.220. The molecule has 2 aliphatic rings. The fraction of sp³-hybridized carbons (Fsp3) is 0.474. The Morgan fingerprint density at radius 1 is 1.09 bits per heavy atom. The van der Waals surface area contributed by atoms with Crippen LogP contribution >= 0.6 is 0 Å². The number of carbonyl (C=O) groups excluding carboxylic acids is 2. The van der Waals surface area contributed by atoms with Gasteiger partial charge in [0, 0.05) is 22.3 Å². The Morgan fingerprint density at radius 3 is 2.45 bits per heavy atom. The molecule has 1 aromatic rings. The molecule has 0 saturated heterocycles. The van der Waals surface area contributed by atoms with Gasteiger partial charge in [-0.25, -0.2) is 0 Å². The summed E-state index contributed by atoms with van der Waals surface area (Å²) in [7, 11) is 0. The number of ketones is 2. The van der Waals surface area contributed by atoms with Gasteiger partial charge in [-0.3, -0.25) is 9.59 Å². The van der Waals surface area contributed by atoms with Gasteiger partial charge in [-0.15, -0.1) is 0 Å². The third kappa shape index (κ3) is 2.34. The Kier molecular flexibility index (Phi) is 4.00. The van der Waals surface area contributed by atoms with E-state index >= 15 is 0 Å². The second-order valence-corrected chi connectivity index (χ2v) is 6.40. The molecule has 1 aromatic carbocycles. The first-order valence-corrected chi connectivity index (χ1v) is 8.23. The topological polar surface area (TPSA) is 54.4 Å². The van der Waals surface area contributed by atoms with Crippen molar-refractivity contribution in [1.29, 1.82) is 0 Å². The van der Waals surface area contributed by atoms with Crippen LogP contribution in [0.1, 0.15) is 72.6 Å². The minimum absolute atomic E-state index is 0.0705. The summed E-state index contributed by atoms with van der Waals surface area (Å²) in [6, 6.07) is 6.96. The molecule has 22 heavy (non-hydrogen) atoms. The van der Waals surface area contributed by atoms with Crippen LogP contribution in [-0.2, 0) is 0 Å². The number of benzene rings is 1. The quantitative estimate of drug-likeness (QED) is 0.859. The molecule has 3 rings (SSSR count). The van der Waals surface area contributed by atoms with E-state index in [9.17, 15) is 14.7 Å². The first kappa shape index (κ1) is 15.2. The van der Waals surface area contributed by atoms with E-state index in [1.165, 1.54) is 0 Å². The fourth-order valence-electron chi connectivity index (χ4n) is 3.76. The summed E-state index contributed by atoms with van der Waals surface area (Å²) < 4.78 is 0. The molecule has 3 heteroatoms. The predicted octanol–water partition coefficient (Wildman–Crippen LogP) is 3.86. The average Bonchev–Trinajstić information content (AvgIpc) is 2.52. The molecule has 0 radical (unpaired) electrons. The van der Waals surface area contributed by atoms with Crippen molar-refractivity contribution in [2.45, 2.75) is 57.5 Å². The van der Waals surface area contributed by atoms with Crippen LogP contribution in [0.25, 0.3) is 0 Å². The highest BCUT2D eigenvalue weighted by molar-refractivity contribution is 6.27. The normalized spacial score (nSPS) is 24.3. The van der Waals surface area contributed by atoms with Gasteiger partial charge < -0.3 is 5.11 Å². The smallest absolute Gasteiger partial charge is 0.193 e. The van der Waals surface area contributed by atoms with Crippen LogP contribution in [0.2, 0.25) is 0 Å². The number of unbranched alkanes of at least 4 members (excludes halogenated alkanes) is 2. The monoisotopic (exact) mass is 298 g/mol. The van der Waals surface area contributed by atoms with Gasteiger partial charge in [0.15, 0.2) is 11.6 Å². The van der Waals surface area contributed by atoms with Gasteiger partial charge in [-0.1, -0.05) is 50.5 Å². The van der Waals surface area contributed by atoms with Crippen molar-refractivity contribution >= 4 is 11.6 Å². The molecule has 1 N–H and O–H groups in total. The Labute approximate surface area is 131 Å². The lowest BCUT2D eigenvalue weighted by Gasteiger charge is -2.38. The third-order valence-corrected chi connectivity index (χ3v) is 4.90. The van der Waals surface area contributed by atoms with Crippen LogP contribution in [0.4, 0.5) is 0 Å². The van der Waals surface area contributed by atoms with E-state index in [1.807, 2.05) is 0 Å². The Morgan fingerprint density at radius 2 is 1.77 bits per heavy atom. The van der Waals surface area contributed by atoms with E-state index in [2.05, 4.69) is 6.92 Å². The van der Waals surface area contributed by atoms with Gasteiger partial charge in [0.1, 0.15) is 0 Å². The molecule has 3 nitrogen and oxygen atoms in total. The van der Waals surface area contributed by atoms with E-state index in [-0.39, 0.29) is 11.6 Å². The molecule has 0 fully saturated rings. The Bertz CT molecular complexity index is 656. The zero-order chi connectivity index (χ0) is 15.7. The lowest BCUT2D eigenvalue weighted by Crippen LogP contribution is -2.42. The SMILES string of the molecule is CCCCCC1(O)CCCC2=C1C(=O)c1ccccc1C2=O. The van der Waals surface area contributed by atoms with Crippen molar-refractivity contribution in [1.82, 2.24) is 0 Å². The van der Waals surface area contributed by atoms with Gasteiger partial charge in [0.2, 0.25) is 0 Å². The molecule has 0 saturated carbocycles. The summed E-state index contributed by atoms with van der Waals surface area (Å²) in [5, 5.41) is 11.1. The van der Waals surface area contributed by atoms with Crippen molar-refractivity contribution < 1.29 is 14.7 Å². The molecule has 0 heterocycles. The Balaban J connectivity index is 2.04. The molecule has 1 atom stereocenters. The molecule has 0 bridgehead atoms. The van der Waals surface area contributed by atoms with E-state index in [0.717, 1.165) is 25.7 Å². The third-order valence-electron chi connectivity index (χ3n) is 4.90. The number of rotatable bonds is 4. The van der Waals surface area contributed by atoms with Crippen molar-refractivity contribution in [3.63, 3.8) is 0 Å². The van der Waals surface area contributed by atoms with Crippen molar-refractivity contribution in [3.05, 3.63) is 46.5 Å². The minimum atomic E-state index is -1.12. The first-order chi connectivity index (χ1) is 10.6. The predicted molar refractivity (Wildman–Crippen MR) is 85.1 cm³/mol. The van der Waals surface area contributed by atoms with Gasteiger partial charge in [-0.05, 0) is 25.7 Å². The van der Waals surface area contributed by atoms with Crippen LogP contribution in [0.15, 0.2) is 35.4 Å². The molecular formula is C19H22O3. The molecule has 0 aromatic heterocycles. The van der Waals surface area contributed by atoms with E-state index in [1.54, 1.807) is 24.3 Å². The maximum absolute atomic E-state index is 12.9. The van der Waals surface area contributed by atoms with E-state index in [0.29, 0.717) is 41.5 Å². The number of carbonyl (C=O) groups is 2. The number of fused-ring (bicyclic) bond motifs is 1. The molecule has 2 aliphatic carbocycles. The highest BCUT2D eigenvalue weighted by atomic mass is 16.3. The largest absolute Gasteiger partial charge is 0.385 e. The van der Waals surface area contributed by atoms with Crippen LogP contribution in [0.5, 0.6) is 0 Å². The number of allylic oxidation sites excluding steroid dienone is 1. The number of Topliss-reactive ketones (excluding diaryl/α,β-unsaturated/α-hetero) is 2. The van der Waals surface area contributed by atoms with Gasteiger partial charge in [-0.2, -0.15) is 0 Å². The number of hydrogen-bond donors (Lipinski definition) is 1. The minimum Gasteiger partial charge on any atom is -0.385 e. The standard InChI is InChI=1S/C19H22O3/c1-2-3-6-11-19(22)12-7-10-15-16(19)18(21)14-9-5-4-8-13(14)17(15)20/h4-5,8-9,22H,2-3,6-7,10-12H2,1H3. The summed E-state index contributed by atoms with van der Waals surface area (Å²) in [6.45, 7) is 2.11. The van der Waals surface area contributed by atoms with E-state index < -0.39 is 5.60 Å². The summed E-state index contributed by atoms with van der Waals surface area (Å²) in [5.41, 5.74) is 0.752. The lowest BCUT2D eigenvalue weighted by atomic mass is 9.68. The molecule has 0 amide bonds. The van der Waals surface area contributed by atoms with Gasteiger partial charge >= 0.3 is 0 Å². The van der Waals surface area contributed by atoms with Crippen LogP contribution < -0.4 is 0 Å². The molecule has 1 unspecified atom stereocenters. The molecule has 0 aliphatic heterocycles. The van der Waals surface area contributed by atoms with E-state index in [4.69, 9.17) is 0 Å². The van der Waals surface area contributed by atoms with Crippen molar-refractivity contribution in [2.75, 3.05) is 0 Å². The highest BCUT2D eigenvalue weighted by Gasteiger charge is 2.45. The second-order valence-electron chi connectivity index (χ2n) is 6.40. The molecule has 0 spiro atoms. The van der Waals surface area contributed by atoms with Crippen LogP contribution in [0.3, 0.4) is 0 Å². The molecule has 116 valence electrons. The highest BCUT2D eigenvalue weighted by Crippen LogP contribution is 2.43. The maximum atomic E-state index is 12.9. The van der Waals surface area contributed by atoms with Crippen LogP contribution in [-0.4, -0.2) is 22.3 Å². The fourth-order valence-corrected chi connectivity index (χ4v) is 3.76. The van der Waals surface area contributed by atoms with Crippen LogP contribution in [0, 0.1) is 0 Å². The summed E-state index contributed by atoms with van der Waals surface area (Å²) >= 11 is 0. The maximum Gasteiger partial charge on any atom is 0.193 e. The van der Waals surface area contributed by atoms with Crippen molar-refractivity contribution in [2.24, 2.45) is 0 Å². The number of hydrogen-bond acceptors (Lipinski definition) is 3. The summed E-state index contributed by atoms with van der Waals surface area (Å²) in [4.78, 5) is 25.6. The second kappa shape index (κ2) is 5.81. The first-order valence-electron chi connectivity index (χ1n) is 8.23. The van der Waals surface area contributed by atoms with Crippen molar-refractivity contribution in [3.8, 4) is 0 Å². The summed E-state index contributed by atoms with van der Waals surface area (Å²) in [6.07, 6.45) is 5.50. The van der Waals surface area contributed by atoms with Gasteiger partial charge in [0.25, 0.3) is 0 Å². The average molecular weight is 298 g/mol.